The number of nitrogens with two attached hydrogens (primary N) is 1. The maximum Gasteiger partial charge on any atom is 0.221 e. The van der Waals surface area contributed by atoms with Crippen molar-refractivity contribution in [2.75, 3.05) is 11.1 Å². The van der Waals surface area contributed by atoms with Gasteiger partial charge in [-0.1, -0.05) is 6.92 Å². The van der Waals surface area contributed by atoms with E-state index in [0.29, 0.717) is 5.82 Å². The third-order valence-electron chi connectivity index (χ3n) is 2.23. The molecule has 0 bridgehead atoms. The molecule has 1 unspecified atom stereocenters. The van der Waals surface area contributed by atoms with E-state index in [2.05, 4.69) is 43.1 Å². The first-order chi connectivity index (χ1) is 8.20. The van der Waals surface area contributed by atoms with Crippen molar-refractivity contribution >= 4 is 39.0 Å². The van der Waals surface area contributed by atoms with Gasteiger partial charge >= 0.3 is 0 Å². The maximum atomic E-state index is 5.57. The number of hydrogen-bond acceptors (Lipinski definition) is 6. The van der Waals surface area contributed by atoms with Gasteiger partial charge in [0.05, 0.1) is 10.5 Å². The van der Waals surface area contributed by atoms with Crippen molar-refractivity contribution in [2.24, 2.45) is 0 Å². The van der Waals surface area contributed by atoms with Crippen LogP contribution >= 0.6 is 27.3 Å². The molecule has 0 aliphatic heterocycles. The van der Waals surface area contributed by atoms with Gasteiger partial charge in [0.25, 0.3) is 0 Å². The van der Waals surface area contributed by atoms with Crippen LogP contribution in [0.5, 0.6) is 0 Å². The van der Waals surface area contributed by atoms with Crippen LogP contribution in [-0.2, 0) is 0 Å². The Bertz CT molecular complexity index is 487. The molecule has 0 saturated heterocycles. The fourth-order valence-corrected chi connectivity index (χ4v) is 2.47. The minimum atomic E-state index is 0.139. The smallest absolute Gasteiger partial charge is 0.221 e. The quantitative estimate of drug-likeness (QED) is 0.907. The lowest BCUT2D eigenvalue weighted by molar-refractivity contribution is 0.736. The Labute approximate surface area is 112 Å². The van der Waals surface area contributed by atoms with Gasteiger partial charge in [-0.15, -0.1) is 11.3 Å². The molecule has 0 saturated carbocycles. The summed E-state index contributed by atoms with van der Waals surface area (Å²) >= 11 is 5.01. The van der Waals surface area contributed by atoms with E-state index >= 15 is 0 Å². The SMILES string of the molecule is CCC(Nc1nc(N)ncc1Br)c1nccs1. The first-order valence-corrected chi connectivity index (χ1v) is 6.82. The van der Waals surface area contributed by atoms with Crippen LogP contribution in [0.1, 0.15) is 24.4 Å². The Hall–Kier alpha value is -1.21. The number of anilines is 2. The zero-order chi connectivity index (χ0) is 12.3. The van der Waals surface area contributed by atoms with E-state index in [0.717, 1.165) is 15.9 Å². The van der Waals surface area contributed by atoms with Crippen LogP contribution in [0.3, 0.4) is 0 Å². The molecular formula is C10H12BrN5S. The van der Waals surface area contributed by atoms with Gasteiger partial charge in [0, 0.05) is 17.8 Å². The predicted octanol–water partition coefficient (Wildman–Crippen LogP) is 2.84. The molecule has 0 aromatic carbocycles. The molecular weight excluding hydrogens is 302 g/mol. The second kappa shape index (κ2) is 5.42. The highest BCUT2D eigenvalue weighted by Gasteiger charge is 2.14. The summed E-state index contributed by atoms with van der Waals surface area (Å²) < 4.78 is 0.793. The van der Waals surface area contributed by atoms with E-state index in [1.54, 1.807) is 23.7 Å². The zero-order valence-electron chi connectivity index (χ0n) is 9.22. The molecule has 17 heavy (non-hydrogen) atoms. The minimum absolute atomic E-state index is 0.139. The van der Waals surface area contributed by atoms with E-state index in [9.17, 15) is 0 Å². The molecule has 2 aromatic rings. The van der Waals surface area contributed by atoms with Gasteiger partial charge in [-0.2, -0.15) is 4.98 Å². The van der Waals surface area contributed by atoms with Crippen molar-refractivity contribution in [3.05, 3.63) is 27.3 Å². The number of thiazole rings is 1. The summed E-state index contributed by atoms with van der Waals surface area (Å²) in [5.74, 6) is 0.948. The second-order valence-corrected chi connectivity index (χ2v) is 5.18. The molecule has 2 aromatic heterocycles. The molecule has 7 heteroatoms. The van der Waals surface area contributed by atoms with Crippen LogP contribution in [0.2, 0.25) is 0 Å². The number of nitrogens with one attached hydrogen (secondary N) is 1. The van der Waals surface area contributed by atoms with E-state index in [1.165, 1.54) is 0 Å². The van der Waals surface area contributed by atoms with E-state index in [1.807, 2.05) is 5.38 Å². The molecule has 2 heterocycles. The molecule has 0 fully saturated rings. The Morgan fingerprint density at radius 3 is 3.00 bits per heavy atom. The lowest BCUT2D eigenvalue weighted by Gasteiger charge is -2.16. The van der Waals surface area contributed by atoms with E-state index in [4.69, 9.17) is 5.73 Å². The van der Waals surface area contributed by atoms with E-state index < -0.39 is 0 Å². The molecule has 1 atom stereocenters. The number of halogens is 1. The topological polar surface area (TPSA) is 76.7 Å². The molecule has 0 amide bonds. The maximum absolute atomic E-state index is 5.57. The summed E-state index contributed by atoms with van der Waals surface area (Å²) in [6.07, 6.45) is 4.36. The number of aromatic nitrogens is 3. The molecule has 5 nitrogen and oxygen atoms in total. The van der Waals surface area contributed by atoms with Gasteiger partial charge in [-0.3, -0.25) is 0 Å². The third-order valence-corrected chi connectivity index (χ3v) is 3.70. The Morgan fingerprint density at radius 2 is 2.35 bits per heavy atom. The summed E-state index contributed by atoms with van der Waals surface area (Å²) in [4.78, 5) is 12.4. The number of hydrogen-bond donors (Lipinski definition) is 2. The summed E-state index contributed by atoms with van der Waals surface area (Å²) in [7, 11) is 0. The minimum Gasteiger partial charge on any atom is -0.368 e. The second-order valence-electron chi connectivity index (χ2n) is 3.40. The van der Waals surface area contributed by atoms with Crippen molar-refractivity contribution in [3.8, 4) is 0 Å². The van der Waals surface area contributed by atoms with Crippen LogP contribution in [-0.4, -0.2) is 15.0 Å². The van der Waals surface area contributed by atoms with Gasteiger partial charge in [-0.05, 0) is 22.4 Å². The van der Waals surface area contributed by atoms with E-state index in [-0.39, 0.29) is 12.0 Å². The standard InChI is InChI=1S/C10H12BrN5S/c1-2-7(9-13-3-4-17-9)15-8-6(11)5-14-10(12)16-8/h3-5,7H,2H2,1H3,(H3,12,14,15,16). The number of rotatable bonds is 4. The van der Waals surface area contributed by atoms with Gasteiger partial charge in [0.2, 0.25) is 5.95 Å². The molecule has 0 spiro atoms. The van der Waals surface area contributed by atoms with Crippen LogP contribution in [0.4, 0.5) is 11.8 Å². The lowest BCUT2D eigenvalue weighted by atomic mass is 10.2. The van der Waals surface area contributed by atoms with Crippen molar-refractivity contribution in [2.45, 2.75) is 19.4 Å². The van der Waals surface area contributed by atoms with Gasteiger partial charge in [-0.25, -0.2) is 9.97 Å². The molecule has 0 aliphatic carbocycles. The van der Waals surface area contributed by atoms with Gasteiger partial charge in [0.1, 0.15) is 10.8 Å². The Balaban J connectivity index is 2.21. The van der Waals surface area contributed by atoms with Crippen molar-refractivity contribution < 1.29 is 0 Å². The van der Waals surface area contributed by atoms with Crippen LogP contribution in [0, 0.1) is 0 Å². The normalized spacial score (nSPS) is 12.4. The average Bonchev–Trinajstić information content (AvgIpc) is 2.84. The summed E-state index contributed by atoms with van der Waals surface area (Å²) in [5.41, 5.74) is 5.57. The molecule has 0 radical (unpaired) electrons. The number of nitrogens with zero attached hydrogens (tertiary/aromatic N) is 3. The van der Waals surface area contributed by atoms with Crippen molar-refractivity contribution in [1.29, 1.82) is 0 Å². The highest BCUT2D eigenvalue weighted by molar-refractivity contribution is 9.10. The Kier molecular flexibility index (Phi) is 3.90. The Morgan fingerprint density at radius 1 is 1.53 bits per heavy atom. The third kappa shape index (κ3) is 2.92. The fraction of sp³-hybridized carbons (Fsp3) is 0.300. The lowest BCUT2D eigenvalue weighted by Crippen LogP contribution is -2.12. The molecule has 90 valence electrons. The largest absolute Gasteiger partial charge is 0.368 e. The van der Waals surface area contributed by atoms with Crippen molar-refractivity contribution in [3.63, 3.8) is 0 Å². The zero-order valence-corrected chi connectivity index (χ0v) is 11.6. The van der Waals surface area contributed by atoms with Crippen LogP contribution < -0.4 is 11.1 Å². The van der Waals surface area contributed by atoms with Crippen molar-refractivity contribution in [1.82, 2.24) is 15.0 Å². The highest BCUT2D eigenvalue weighted by Crippen LogP contribution is 2.27. The summed E-state index contributed by atoms with van der Waals surface area (Å²) in [6.45, 7) is 2.09. The monoisotopic (exact) mass is 313 g/mol. The van der Waals surface area contributed by atoms with Gasteiger partial charge in [0.15, 0.2) is 0 Å². The summed E-state index contributed by atoms with van der Waals surface area (Å²) in [6, 6.07) is 0.139. The number of nitrogen functional groups attached to an aromatic ring is 1. The molecule has 0 aliphatic rings. The fourth-order valence-electron chi connectivity index (χ4n) is 1.39. The predicted molar refractivity (Wildman–Crippen MR) is 72.9 cm³/mol. The van der Waals surface area contributed by atoms with Crippen LogP contribution in [0.15, 0.2) is 22.2 Å². The molecule has 2 rings (SSSR count). The van der Waals surface area contributed by atoms with Crippen LogP contribution in [0.25, 0.3) is 0 Å². The van der Waals surface area contributed by atoms with Gasteiger partial charge < -0.3 is 11.1 Å². The highest BCUT2D eigenvalue weighted by atomic mass is 79.9. The average molecular weight is 314 g/mol. The molecule has 3 N–H and O–H groups in total. The first kappa shape index (κ1) is 12.3. The summed E-state index contributed by atoms with van der Waals surface area (Å²) in [5, 5.41) is 6.31. The first-order valence-electron chi connectivity index (χ1n) is 5.14.